The van der Waals surface area contributed by atoms with Crippen LogP contribution in [0.1, 0.15) is 17.2 Å². The van der Waals surface area contributed by atoms with Crippen LogP contribution in [0.2, 0.25) is 0 Å². The maximum atomic E-state index is 13.7. The minimum absolute atomic E-state index is 0.0392. The van der Waals surface area contributed by atoms with Crippen molar-refractivity contribution in [3.8, 4) is 0 Å². The van der Waals surface area contributed by atoms with Gasteiger partial charge < -0.3 is 10.5 Å². The number of ketones is 1. The minimum Gasteiger partial charge on any atom is -0.462 e. The molecule has 0 aromatic heterocycles. The molecular weight excluding hydrogens is 384 g/mol. The van der Waals surface area contributed by atoms with Crippen LogP contribution in [-0.4, -0.2) is 5.78 Å². The molecule has 0 amide bonds. The fourth-order valence-corrected chi connectivity index (χ4v) is 2.93. The van der Waals surface area contributed by atoms with Crippen LogP contribution in [0.15, 0.2) is 54.4 Å². The third kappa shape index (κ3) is 2.42. The number of hydrogen-bond donors (Lipinski definition) is 1. The number of rotatable bonds is 2. The van der Waals surface area contributed by atoms with E-state index in [1.165, 1.54) is 6.07 Å². The molecule has 21 heavy (non-hydrogen) atoms. The van der Waals surface area contributed by atoms with Crippen LogP contribution in [0.25, 0.3) is 5.57 Å². The van der Waals surface area contributed by atoms with E-state index in [-0.39, 0.29) is 23.1 Å². The zero-order chi connectivity index (χ0) is 15.0. The predicted molar refractivity (Wildman–Crippen MR) is 85.5 cm³/mol. The van der Waals surface area contributed by atoms with Crippen molar-refractivity contribution in [2.75, 3.05) is 0 Å². The van der Waals surface area contributed by atoms with E-state index in [1.54, 1.807) is 24.3 Å². The second kappa shape index (κ2) is 5.48. The molecule has 0 saturated carbocycles. The fraction of sp³-hybridized carbons (Fsp3) is 0.0625. The van der Waals surface area contributed by atoms with Gasteiger partial charge in [-0.25, -0.2) is 4.39 Å². The van der Waals surface area contributed by atoms with Crippen molar-refractivity contribution in [3.05, 3.63) is 74.9 Å². The number of Topliss-reactive ketones (excluding diaryl/α,β-unsaturated/α-hetero) is 1. The van der Waals surface area contributed by atoms with Crippen molar-refractivity contribution in [1.29, 1.82) is 0 Å². The summed E-state index contributed by atoms with van der Waals surface area (Å²) in [7, 11) is 0. The Labute approximate surface area is 134 Å². The van der Waals surface area contributed by atoms with Gasteiger partial charge in [0.05, 0.1) is 9.14 Å². The summed E-state index contributed by atoms with van der Waals surface area (Å²) in [6, 6.07) is 13.7. The molecule has 2 aromatic rings. The molecule has 2 aromatic carbocycles. The summed E-state index contributed by atoms with van der Waals surface area (Å²) in [6.07, 6.45) is -0.764. The summed E-state index contributed by atoms with van der Waals surface area (Å²) < 4.78 is 19.5. The van der Waals surface area contributed by atoms with Gasteiger partial charge in [0.2, 0.25) is 5.78 Å². The van der Waals surface area contributed by atoms with E-state index < -0.39 is 6.10 Å². The number of ether oxygens (including phenoxy) is 1. The Bertz CT molecular complexity index is 743. The highest BCUT2D eigenvalue weighted by molar-refractivity contribution is 14.1. The van der Waals surface area contributed by atoms with Gasteiger partial charge in [0.15, 0.2) is 12.0 Å². The van der Waals surface area contributed by atoms with E-state index in [1.807, 2.05) is 40.8 Å². The molecular formula is C16H11FINO2. The summed E-state index contributed by atoms with van der Waals surface area (Å²) >= 11 is 1.86. The zero-order valence-corrected chi connectivity index (χ0v) is 13.0. The van der Waals surface area contributed by atoms with Crippen molar-refractivity contribution in [1.82, 2.24) is 0 Å². The van der Waals surface area contributed by atoms with Gasteiger partial charge in [0.25, 0.3) is 0 Å². The molecule has 1 atom stereocenters. The summed E-state index contributed by atoms with van der Waals surface area (Å²) in [5, 5.41) is 0. The van der Waals surface area contributed by atoms with Crippen LogP contribution in [0.4, 0.5) is 4.39 Å². The normalized spacial score (nSPS) is 18.0. The first kappa shape index (κ1) is 14.1. The molecule has 1 heterocycles. The van der Waals surface area contributed by atoms with Crippen LogP contribution in [0.5, 0.6) is 0 Å². The lowest BCUT2D eigenvalue weighted by Crippen LogP contribution is -2.10. The smallest absolute Gasteiger partial charge is 0.213 e. The Hall–Kier alpha value is -1.89. The van der Waals surface area contributed by atoms with Crippen molar-refractivity contribution in [2.24, 2.45) is 5.73 Å². The lowest BCUT2D eigenvalue weighted by molar-refractivity contribution is -0.120. The van der Waals surface area contributed by atoms with E-state index in [2.05, 4.69) is 0 Å². The van der Waals surface area contributed by atoms with E-state index in [4.69, 9.17) is 10.5 Å². The number of benzene rings is 2. The van der Waals surface area contributed by atoms with Gasteiger partial charge in [0.1, 0.15) is 5.82 Å². The van der Waals surface area contributed by atoms with Crippen LogP contribution in [-0.2, 0) is 9.53 Å². The van der Waals surface area contributed by atoms with Crippen molar-refractivity contribution in [2.45, 2.75) is 6.10 Å². The molecule has 2 N–H and O–H groups in total. The topological polar surface area (TPSA) is 52.3 Å². The molecule has 1 aliphatic heterocycles. The Balaban J connectivity index is 2.03. The second-order valence-electron chi connectivity index (χ2n) is 4.61. The highest BCUT2D eigenvalue weighted by atomic mass is 127. The summed E-state index contributed by atoms with van der Waals surface area (Å²) in [5.74, 6) is -0.594. The Morgan fingerprint density at radius 1 is 1.10 bits per heavy atom. The van der Waals surface area contributed by atoms with E-state index in [9.17, 15) is 9.18 Å². The second-order valence-corrected chi connectivity index (χ2v) is 5.69. The van der Waals surface area contributed by atoms with E-state index in [0.717, 1.165) is 5.56 Å². The number of halogens is 2. The first-order valence-corrected chi connectivity index (χ1v) is 7.37. The van der Waals surface area contributed by atoms with E-state index in [0.29, 0.717) is 9.13 Å². The molecule has 0 aliphatic carbocycles. The Morgan fingerprint density at radius 3 is 2.52 bits per heavy atom. The van der Waals surface area contributed by atoms with Crippen LogP contribution < -0.4 is 5.73 Å². The summed E-state index contributed by atoms with van der Waals surface area (Å²) in [4.78, 5) is 12.6. The van der Waals surface area contributed by atoms with Crippen LogP contribution in [0, 0.1) is 9.39 Å². The van der Waals surface area contributed by atoms with Gasteiger partial charge in [-0.3, -0.25) is 4.79 Å². The fourth-order valence-electron chi connectivity index (χ4n) is 2.30. The highest BCUT2D eigenvalue weighted by Gasteiger charge is 2.36. The van der Waals surface area contributed by atoms with E-state index >= 15 is 0 Å². The molecule has 3 nitrogen and oxygen atoms in total. The summed E-state index contributed by atoms with van der Waals surface area (Å²) in [5.41, 5.74) is 7.30. The first-order valence-electron chi connectivity index (χ1n) is 6.29. The zero-order valence-electron chi connectivity index (χ0n) is 10.8. The number of nitrogens with two attached hydrogens (primary N) is 1. The van der Waals surface area contributed by atoms with Crippen LogP contribution in [0.3, 0.4) is 0 Å². The number of hydrogen-bond acceptors (Lipinski definition) is 3. The summed E-state index contributed by atoms with van der Waals surface area (Å²) in [6.45, 7) is 0. The molecule has 0 radical (unpaired) electrons. The lowest BCUT2D eigenvalue weighted by atomic mass is 9.97. The molecule has 1 unspecified atom stereocenters. The molecule has 0 fully saturated rings. The maximum Gasteiger partial charge on any atom is 0.213 e. The third-order valence-corrected chi connectivity index (χ3v) is 4.40. The van der Waals surface area contributed by atoms with Gasteiger partial charge in [-0.05, 0) is 28.7 Å². The highest BCUT2D eigenvalue weighted by Crippen LogP contribution is 2.37. The SMILES string of the molecule is NC1=C(c2cccc(F)c2I)C(=O)C(c2ccccc2)O1. The third-order valence-electron chi connectivity index (χ3n) is 3.30. The maximum absolute atomic E-state index is 13.7. The van der Waals surface area contributed by atoms with Gasteiger partial charge in [-0.15, -0.1) is 0 Å². The molecule has 1 aliphatic rings. The van der Waals surface area contributed by atoms with Gasteiger partial charge in [0, 0.05) is 11.1 Å². The molecule has 5 heteroatoms. The monoisotopic (exact) mass is 395 g/mol. The predicted octanol–water partition coefficient (Wildman–Crippen LogP) is 3.40. The lowest BCUT2D eigenvalue weighted by Gasteiger charge is -2.09. The van der Waals surface area contributed by atoms with Gasteiger partial charge in [-0.2, -0.15) is 0 Å². The standard InChI is InChI=1S/C16H11FINO2/c17-11-8-4-7-10(13(11)18)12-14(20)15(21-16(12)19)9-5-2-1-3-6-9/h1-8,15H,19H2. The van der Waals surface area contributed by atoms with Crippen molar-refractivity contribution >= 4 is 33.9 Å². The molecule has 0 spiro atoms. The number of carbonyl (C=O) groups excluding carboxylic acids is 1. The molecule has 0 bridgehead atoms. The molecule has 0 saturated heterocycles. The van der Waals surface area contributed by atoms with Crippen LogP contribution >= 0.6 is 22.6 Å². The van der Waals surface area contributed by atoms with Gasteiger partial charge in [-0.1, -0.05) is 42.5 Å². The average molecular weight is 395 g/mol. The Morgan fingerprint density at radius 2 is 1.81 bits per heavy atom. The first-order chi connectivity index (χ1) is 10.1. The van der Waals surface area contributed by atoms with Crippen molar-refractivity contribution in [3.63, 3.8) is 0 Å². The van der Waals surface area contributed by atoms with Gasteiger partial charge >= 0.3 is 0 Å². The molecule has 106 valence electrons. The quantitative estimate of drug-likeness (QED) is 0.794. The van der Waals surface area contributed by atoms with Crippen molar-refractivity contribution < 1.29 is 13.9 Å². The molecule has 3 rings (SSSR count). The average Bonchev–Trinajstić information content (AvgIpc) is 2.78. The number of carbonyl (C=O) groups is 1. The largest absolute Gasteiger partial charge is 0.462 e. The minimum atomic E-state index is -0.764. The Kier molecular flexibility index (Phi) is 3.67.